The Morgan fingerprint density at radius 1 is 1.09 bits per heavy atom. The molecule has 2 N–H and O–H groups in total. The van der Waals surface area contributed by atoms with Crippen LogP contribution in [0.25, 0.3) is 0 Å². The van der Waals surface area contributed by atoms with Crippen LogP contribution in [-0.4, -0.2) is 41.8 Å². The molecule has 2 fully saturated rings. The Hall–Kier alpha value is -1.27. The number of phenols is 2. The summed E-state index contributed by atoms with van der Waals surface area (Å²) >= 11 is 0. The maximum atomic E-state index is 12.6. The highest BCUT2D eigenvalue weighted by molar-refractivity contribution is 7.89. The fourth-order valence-corrected chi connectivity index (χ4v) is 5.80. The van der Waals surface area contributed by atoms with E-state index in [4.69, 9.17) is 0 Å². The van der Waals surface area contributed by atoms with Crippen molar-refractivity contribution in [1.82, 2.24) is 4.31 Å². The molecule has 1 aromatic rings. The maximum absolute atomic E-state index is 12.6. The molecule has 0 spiro atoms. The van der Waals surface area contributed by atoms with E-state index in [2.05, 4.69) is 0 Å². The zero-order valence-electron chi connectivity index (χ0n) is 13.3. The van der Waals surface area contributed by atoms with Crippen LogP contribution < -0.4 is 0 Å². The van der Waals surface area contributed by atoms with Gasteiger partial charge in [0.25, 0.3) is 0 Å². The number of phenolic OH excluding ortho intramolecular Hbond substituents is 2. The fraction of sp³-hybridized carbons (Fsp3) is 0.647. The lowest BCUT2D eigenvalue weighted by Gasteiger charge is -2.24. The summed E-state index contributed by atoms with van der Waals surface area (Å²) in [6.07, 6.45) is 6.27. The predicted octanol–water partition coefficient (Wildman–Crippen LogP) is 2.80. The van der Waals surface area contributed by atoms with Crippen molar-refractivity contribution < 1.29 is 18.6 Å². The van der Waals surface area contributed by atoms with E-state index in [0.29, 0.717) is 25.4 Å². The number of aromatic hydroxyl groups is 2. The predicted molar refractivity (Wildman–Crippen MR) is 89.1 cm³/mol. The van der Waals surface area contributed by atoms with E-state index in [1.165, 1.54) is 18.6 Å². The number of rotatable bonds is 4. The molecule has 1 heterocycles. The number of nitrogens with zero attached hydrogens (tertiary/aromatic N) is 1. The quantitative estimate of drug-likeness (QED) is 0.884. The molecule has 1 aromatic carbocycles. The van der Waals surface area contributed by atoms with Crippen molar-refractivity contribution in [3.05, 3.63) is 23.8 Å². The van der Waals surface area contributed by atoms with E-state index in [0.717, 1.165) is 31.2 Å². The van der Waals surface area contributed by atoms with Crippen LogP contribution in [0.15, 0.2) is 18.2 Å². The molecule has 1 aliphatic heterocycles. The van der Waals surface area contributed by atoms with Gasteiger partial charge in [-0.25, -0.2) is 12.7 Å². The summed E-state index contributed by atoms with van der Waals surface area (Å²) in [5.41, 5.74) is 0.721. The summed E-state index contributed by atoms with van der Waals surface area (Å²) in [6, 6.07) is 4.54. The Balaban J connectivity index is 1.66. The largest absolute Gasteiger partial charge is 0.508 e. The molecule has 1 saturated carbocycles. The molecular formula is C17H25NO4S. The molecule has 3 rings (SSSR count). The Morgan fingerprint density at radius 3 is 2.52 bits per heavy atom. The van der Waals surface area contributed by atoms with Crippen LogP contribution >= 0.6 is 0 Å². The number of hydrogen-bond donors (Lipinski definition) is 2. The molecule has 1 saturated heterocycles. The van der Waals surface area contributed by atoms with E-state index in [-0.39, 0.29) is 23.2 Å². The maximum Gasteiger partial charge on any atom is 0.214 e. The highest BCUT2D eigenvalue weighted by Gasteiger charge is 2.34. The third-order valence-corrected chi connectivity index (χ3v) is 7.18. The van der Waals surface area contributed by atoms with Gasteiger partial charge in [-0.15, -0.1) is 0 Å². The van der Waals surface area contributed by atoms with Crippen molar-refractivity contribution in [2.75, 3.05) is 18.8 Å². The normalized spacial score (nSPS) is 24.1. The minimum Gasteiger partial charge on any atom is -0.508 e. The van der Waals surface area contributed by atoms with Crippen LogP contribution in [0, 0.1) is 5.92 Å². The summed E-state index contributed by atoms with van der Waals surface area (Å²) in [4.78, 5) is 0. The Morgan fingerprint density at radius 2 is 1.83 bits per heavy atom. The number of benzene rings is 1. The van der Waals surface area contributed by atoms with Crippen molar-refractivity contribution in [1.29, 1.82) is 0 Å². The summed E-state index contributed by atoms with van der Waals surface area (Å²) in [6.45, 7) is 0.938. The first kappa shape index (κ1) is 16.6. The highest BCUT2D eigenvalue weighted by Crippen LogP contribution is 2.36. The fourth-order valence-electron chi connectivity index (χ4n) is 3.87. The van der Waals surface area contributed by atoms with Gasteiger partial charge in [0.1, 0.15) is 11.5 Å². The molecule has 0 aromatic heterocycles. The average molecular weight is 339 g/mol. The van der Waals surface area contributed by atoms with Gasteiger partial charge in [-0.3, -0.25) is 0 Å². The molecule has 23 heavy (non-hydrogen) atoms. The first-order chi connectivity index (χ1) is 11.0. The van der Waals surface area contributed by atoms with Crippen molar-refractivity contribution in [3.63, 3.8) is 0 Å². The average Bonchev–Trinajstić information content (AvgIpc) is 2.98. The minimum atomic E-state index is -3.22. The topological polar surface area (TPSA) is 77.8 Å². The van der Waals surface area contributed by atoms with Crippen molar-refractivity contribution in [2.24, 2.45) is 5.92 Å². The minimum absolute atomic E-state index is 0.00303. The van der Waals surface area contributed by atoms with Crippen LogP contribution in [0.5, 0.6) is 11.5 Å². The van der Waals surface area contributed by atoms with Gasteiger partial charge < -0.3 is 10.2 Å². The zero-order chi connectivity index (χ0) is 16.4. The van der Waals surface area contributed by atoms with Crippen molar-refractivity contribution in [3.8, 4) is 11.5 Å². The lowest BCUT2D eigenvalue weighted by atomic mass is 9.91. The molecule has 1 atom stereocenters. The van der Waals surface area contributed by atoms with Gasteiger partial charge in [-0.2, -0.15) is 0 Å². The monoisotopic (exact) mass is 339 g/mol. The van der Waals surface area contributed by atoms with Crippen molar-refractivity contribution in [2.45, 2.75) is 44.4 Å². The molecule has 128 valence electrons. The smallest absolute Gasteiger partial charge is 0.214 e. The van der Waals surface area contributed by atoms with Gasteiger partial charge >= 0.3 is 0 Å². The van der Waals surface area contributed by atoms with Crippen LogP contribution in [0.3, 0.4) is 0 Å². The van der Waals surface area contributed by atoms with E-state index in [1.807, 2.05) is 0 Å². The van der Waals surface area contributed by atoms with E-state index in [1.54, 1.807) is 10.4 Å². The molecule has 0 radical (unpaired) electrons. The second kappa shape index (κ2) is 6.69. The van der Waals surface area contributed by atoms with Gasteiger partial charge in [-0.1, -0.05) is 25.3 Å². The van der Waals surface area contributed by atoms with Gasteiger partial charge in [0.05, 0.1) is 5.75 Å². The Kier molecular flexibility index (Phi) is 4.82. The van der Waals surface area contributed by atoms with Crippen LogP contribution in [0.4, 0.5) is 0 Å². The third kappa shape index (κ3) is 3.80. The molecule has 2 aliphatic rings. The number of sulfonamides is 1. The first-order valence-electron chi connectivity index (χ1n) is 8.45. The SMILES string of the molecule is O=S(=O)(CC1CCCCC1)N1CCC(c2ccc(O)cc2O)C1. The lowest BCUT2D eigenvalue weighted by Crippen LogP contribution is -2.34. The molecule has 5 nitrogen and oxygen atoms in total. The molecule has 0 bridgehead atoms. The van der Waals surface area contributed by atoms with E-state index in [9.17, 15) is 18.6 Å². The summed E-state index contributed by atoms with van der Waals surface area (Å²) in [5.74, 6) is 0.625. The van der Waals surface area contributed by atoms with E-state index < -0.39 is 10.0 Å². The Labute approximate surface area is 138 Å². The number of hydrogen-bond acceptors (Lipinski definition) is 4. The van der Waals surface area contributed by atoms with Crippen LogP contribution in [0.1, 0.15) is 50.0 Å². The molecular weight excluding hydrogens is 314 g/mol. The second-order valence-electron chi connectivity index (χ2n) is 6.87. The molecule has 0 amide bonds. The van der Waals surface area contributed by atoms with Gasteiger partial charge in [0.2, 0.25) is 10.0 Å². The second-order valence-corrected chi connectivity index (χ2v) is 8.88. The van der Waals surface area contributed by atoms with Gasteiger partial charge in [0.15, 0.2) is 0 Å². The summed E-state index contributed by atoms with van der Waals surface area (Å²) < 4.78 is 26.9. The highest BCUT2D eigenvalue weighted by atomic mass is 32.2. The summed E-state index contributed by atoms with van der Waals surface area (Å²) in [7, 11) is -3.22. The van der Waals surface area contributed by atoms with Crippen LogP contribution in [0.2, 0.25) is 0 Å². The van der Waals surface area contributed by atoms with E-state index >= 15 is 0 Å². The van der Waals surface area contributed by atoms with Gasteiger partial charge in [0, 0.05) is 25.1 Å². The molecule has 1 aliphatic carbocycles. The Bertz CT molecular complexity index is 653. The molecule has 1 unspecified atom stereocenters. The first-order valence-corrected chi connectivity index (χ1v) is 10.1. The van der Waals surface area contributed by atoms with Gasteiger partial charge in [-0.05, 0) is 36.8 Å². The standard InChI is InChI=1S/C17H25NO4S/c19-15-6-7-16(17(20)10-15)14-8-9-18(11-14)23(21,22)12-13-4-2-1-3-5-13/h6-7,10,13-14,19-20H,1-5,8-9,11-12H2. The molecule has 6 heteroatoms. The lowest BCUT2D eigenvalue weighted by molar-refractivity contribution is 0.375. The zero-order valence-corrected chi connectivity index (χ0v) is 14.1. The summed E-state index contributed by atoms with van der Waals surface area (Å²) in [5, 5.41) is 19.4. The van der Waals surface area contributed by atoms with Crippen LogP contribution in [-0.2, 0) is 10.0 Å². The third-order valence-electron chi connectivity index (χ3n) is 5.17. The van der Waals surface area contributed by atoms with Crippen molar-refractivity contribution >= 4 is 10.0 Å².